The minimum absolute atomic E-state index is 0.197. The van der Waals surface area contributed by atoms with Crippen molar-refractivity contribution < 1.29 is 18.4 Å². The number of nitrogens with two attached hydrogens (primary N) is 1. The Morgan fingerprint density at radius 2 is 1.89 bits per heavy atom. The van der Waals surface area contributed by atoms with Gasteiger partial charge in [0.2, 0.25) is 5.91 Å². The lowest BCUT2D eigenvalue weighted by molar-refractivity contribution is -0.116. The van der Waals surface area contributed by atoms with Crippen LogP contribution < -0.4 is 11.1 Å². The molecule has 1 aromatic heterocycles. The van der Waals surface area contributed by atoms with Gasteiger partial charge in [-0.2, -0.15) is 5.10 Å². The smallest absolute Gasteiger partial charge is 0.251 e. The molecular weight excluding hydrogens is 388 g/mol. The van der Waals surface area contributed by atoms with E-state index in [0.29, 0.717) is 11.9 Å². The van der Waals surface area contributed by atoms with Crippen molar-refractivity contribution in [2.45, 2.75) is 13.5 Å². The topological polar surface area (TPSA) is 106 Å². The van der Waals surface area contributed by atoms with E-state index >= 15 is 0 Å². The summed E-state index contributed by atoms with van der Waals surface area (Å²) in [5, 5.41) is 9.03. The summed E-state index contributed by atoms with van der Waals surface area (Å²) in [4.78, 5) is 23.6. The van der Waals surface area contributed by atoms with Gasteiger partial charge < -0.3 is 11.1 Å². The fourth-order valence-corrected chi connectivity index (χ4v) is 2.75. The Balaban J connectivity index is 1.86. The van der Waals surface area contributed by atoms with Crippen molar-refractivity contribution >= 4 is 29.7 Å². The molecule has 28 heavy (non-hydrogen) atoms. The lowest BCUT2D eigenvalue weighted by Gasteiger charge is -2.10. The number of amides is 2. The molecule has 0 spiro atoms. The molecule has 3 aromatic rings. The molecular formula is C18H15F2N5O2S. The third-order valence-electron chi connectivity index (χ3n) is 3.97. The van der Waals surface area contributed by atoms with Gasteiger partial charge >= 0.3 is 0 Å². The van der Waals surface area contributed by atoms with Crippen molar-refractivity contribution in [3.63, 3.8) is 0 Å². The number of benzene rings is 2. The standard InChI is InChI=1S/C18H15F2N5O2S/c1-9-2-4-10(5-3-9)17-23-24-18(28)25(17)8-15(26)22-14-6-11(16(21)27)12(19)7-13(14)20/h2-7H,8H2,1H3,(H2,21,27)(H,22,26)(H,24,28). The summed E-state index contributed by atoms with van der Waals surface area (Å²) in [7, 11) is 0. The molecule has 0 radical (unpaired) electrons. The highest BCUT2D eigenvalue weighted by atomic mass is 32.1. The van der Waals surface area contributed by atoms with Gasteiger partial charge in [-0.25, -0.2) is 8.78 Å². The number of aromatic amines is 1. The lowest BCUT2D eigenvalue weighted by Crippen LogP contribution is -2.21. The molecule has 0 fully saturated rings. The molecule has 7 nitrogen and oxygen atoms in total. The minimum atomic E-state index is -1.11. The van der Waals surface area contributed by atoms with Crippen LogP contribution in [0.4, 0.5) is 14.5 Å². The maximum Gasteiger partial charge on any atom is 0.251 e. The van der Waals surface area contributed by atoms with E-state index in [1.54, 1.807) is 0 Å². The van der Waals surface area contributed by atoms with E-state index in [0.717, 1.165) is 17.2 Å². The SMILES string of the molecule is Cc1ccc(-c2n[nH]c(=S)n2CC(=O)Nc2cc(C(N)=O)c(F)cc2F)cc1. The highest BCUT2D eigenvalue weighted by Gasteiger charge is 2.17. The first kappa shape index (κ1) is 19.4. The number of halogens is 2. The van der Waals surface area contributed by atoms with E-state index in [-0.39, 0.29) is 17.0 Å². The third kappa shape index (κ3) is 3.96. The molecule has 4 N–H and O–H groups in total. The van der Waals surface area contributed by atoms with E-state index in [4.69, 9.17) is 18.0 Å². The second-order valence-electron chi connectivity index (χ2n) is 6.03. The number of aromatic nitrogens is 3. The Morgan fingerprint density at radius 3 is 2.54 bits per heavy atom. The van der Waals surface area contributed by atoms with E-state index < -0.39 is 29.0 Å². The van der Waals surface area contributed by atoms with Crippen molar-refractivity contribution in [1.29, 1.82) is 0 Å². The molecule has 144 valence electrons. The predicted octanol–water partition coefficient (Wildman–Crippen LogP) is 2.93. The van der Waals surface area contributed by atoms with Gasteiger partial charge in [0.1, 0.15) is 18.2 Å². The first-order valence-corrected chi connectivity index (χ1v) is 8.48. The summed E-state index contributed by atoms with van der Waals surface area (Å²) in [5.74, 6) is -3.44. The Hall–Kier alpha value is -3.40. The van der Waals surface area contributed by atoms with Crippen LogP contribution >= 0.6 is 12.2 Å². The molecule has 1 heterocycles. The number of nitrogens with zero attached hydrogens (tertiary/aromatic N) is 2. The number of carbonyl (C=O) groups is 2. The van der Waals surface area contributed by atoms with Crippen molar-refractivity contribution in [2.24, 2.45) is 5.73 Å². The number of H-pyrrole nitrogens is 1. The van der Waals surface area contributed by atoms with Gasteiger partial charge in [-0.3, -0.25) is 19.3 Å². The predicted molar refractivity (Wildman–Crippen MR) is 101 cm³/mol. The molecule has 3 rings (SSSR count). The van der Waals surface area contributed by atoms with E-state index in [9.17, 15) is 18.4 Å². The number of nitrogens with one attached hydrogen (secondary N) is 2. The fraction of sp³-hybridized carbons (Fsp3) is 0.111. The van der Waals surface area contributed by atoms with Gasteiger partial charge in [0.15, 0.2) is 10.6 Å². The molecule has 0 aliphatic rings. The fourth-order valence-electron chi connectivity index (χ4n) is 2.55. The first-order valence-electron chi connectivity index (χ1n) is 8.07. The number of aryl methyl sites for hydroxylation is 1. The average molecular weight is 403 g/mol. The summed E-state index contributed by atoms with van der Waals surface area (Å²) in [6, 6.07) is 8.76. The number of carbonyl (C=O) groups excluding carboxylic acids is 2. The summed E-state index contributed by atoms with van der Waals surface area (Å²) in [5.41, 5.74) is 5.93. The van der Waals surface area contributed by atoms with Gasteiger partial charge in [-0.15, -0.1) is 0 Å². The summed E-state index contributed by atoms with van der Waals surface area (Å²) in [6.07, 6.45) is 0. The maximum atomic E-state index is 13.9. The highest BCUT2D eigenvalue weighted by molar-refractivity contribution is 7.71. The normalized spacial score (nSPS) is 10.7. The Bertz CT molecular complexity index is 1120. The quantitative estimate of drug-likeness (QED) is 0.570. The van der Waals surface area contributed by atoms with Crippen LogP contribution in [0.2, 0.25) is 0 Å². The van der Waals surface area contributed by atoms with E-state index in [1.807, 2.05) is 31.2 Å². The van der Waals surface area contributed by atoms with Crippen LogP contribution in [0.25, 0.3) is 11.4 Å². The van der Waals surface area contributed by atoms with Crippen LogP contribution in [0.1, 0.15) is 15.9 Å². The molecule has 2 amide bonds. The summed E-state index contributed by atoms with van der Waals surface area (Å²) >= 11 is 5.16. The monoisotopic (exact) mass is 403 g/mol. The van der Waals surface area contributed by atoms with Crippen LogP contribution in [0.15, 0.2) is 36.4 Å². The molecule has 10 heteroatoms. The molecule has 0 atom stereocenters. The average Bonchev–Trinajstić information content (AvgIpc) is 2.98. The second kappa shape index (κ2) is 7.69. The molecule has 2 aromatic carbocycles. The van der Waals surface area contributed by atoms with Crippen molar-refractivity contribution in [3.05, 3.63) is 63.9 Å². The Kier molecular flexibility index (Phi) is 5.32. The van der Waals surface area contributed by atoms with Crippen molar-refractivity contribution in [1.82, 2.24) is 14.8 Å². The largest absolute Gasteiger partial charge is 0.366 e. The molecule has 0 aliphatic heterocycles. The van der Waals surface area contributed by atoms with Crippen LogP contribution in [-0.2, 0) is 11.3 Å². The van der Waals surface area contributed by atoms with Gasteiger partial charge in [-0.05, 0) is 25.2 Å². The van der Waals surface area contributed by atoms with Gasteiger partial charge in [0, 0.05) is 11.6 Å². The van der Waals surface area contributed by atoms with Crippen LogP contribution in [0, 0.1) is 23.3 Å². The van der Waals surface area contributed by atoms with E-state index in [2.05, 4.69) is 15.5 Å². The number of rotatable bonds is 5. The minimum Gasteiger partial charge on any atom is -0.366 e. The van der Waals surface area contributed by atoms with Crippen molar-refractivity contribution in [2.75, 3.05) is 5.32 Å². The zero-order valence-corrected chi connectivity index (χ0v) is 15.4. The zero-order valence-electron chi connectivity index (χ0n) is 14.6. The van der Waals surface area contributed by atoms with Gasteiger partial charge in [0.25, 0.3) is 5.91 Å². The second-order valence-corrected chi connectivity index (χ2v) is 6.42. The van der Waals surface area contributed by atoms with Crippen molar-refractivity contribution in [3.8, 4) is 11.4 Å². The highest BCUT2D eigenvalue weighted by Crippen LogP contribution is 2.21. The maximum absolute atomic E-state index is 13.9. The number of primary amides is 1. The lowest BCUT2D eigenvalue weighted by atomic mass is 10.1. The summed E-state index contributed by atoms with van der Waals surface area (Å²) < 4.78 is 29.1. The molecule has 0 saturated heterocycles. The number of anilines is 1. The third-order valence-corrected chi connectivity index (χ3v) is 4.28. The van der Waals surface area contributed by atoms with E-state index in [1.165, 1.54) is 4.57 Å². The summed E-state index contributed by atoms with van der Waals surface area (Å²) in [6.45, 7) is 1.66. The molecule has 0 unspecified atom stereocenters. The Labute approximate surface area is 163 Å². The zero-order chi connectivity index (χ0) is 20.4. The molecule has 0 saturated carbocycles. The van der Waals surface area contributed by atoms with Crippen LogP contribution in [0.3, 0.4) is 0 Å². The van der Waals surface area contributed by atoms with Crippen LogP contribution in [0.5, 0.6) is 0 Å². The van der Waals surface area contributed by atoms with Gasteiger partial charge in [-0.1, -0.05) is 29.8 Å². The number of hydrogen-bond acceptors (Lipinski definition) is 4. The Morgan fingerprint density at radius 1 is 1.21 bits per heavy atom. The molecule has 0 aliphatic carbocycles. The first-order chi connectivity index (χ1) is 13.3. The molecule has 0 bridgehead atoms. The number of hydrogen-bond donors (Lipinski definition) is 3. The van der Waals surface area contributed by atoms with Crippen LogP contribution in [-0.4, -0.2) is 26.6 Å². The van der Waals surface area contributed by atoms with Gasteiger partial charge in [0.05, 0.1) is 11.3 Å².